The summed E-state index contributed by atoms with van der Waals surface area (Å²) in [6.07, 6.45) is 1.73. The predicted octanol–water partition coefficient (Wildman–Crippen LogP) is 2.81. The van der Waals surface area contributed by atoms with E-state index in [4.69, 9.17) is 10.5 Å². The van der Waals surface area contributed by atoms with Crippen molar-refractivity contribution in [3.8, 4) is 0 Å². The number of ether oxygens (including phenoxy) is 1. The van der Waals surface area contributed by atoms with Gasteiger partial charge in [0.15, 0.2) is 0 Å². The van der Waals surface area contributed by atoms with Gasteiger partial charge in [0.05, 0.1) is 24.8 Å². The number of benzene rings is 1. The Hall–Kier alpha value is -1.95. The van der Waals surface area contributed by atoms with Crippen LogP contribution in [0.25, 0.3) is 0 Å². The second-order valence-electron chi connectivity index (χ2n) is 5.80. The molecule has 2 rings (SSSR count). The van der Waals surface area contributed by atoms with Gasteiger partial charge < -0.3 is 15.4 Å². The molecular weight excluding hydrogens is 338 g/mol. The first-order valence-corrected chi connectivity index (χ1v) is 8.11. The molecule has 0 aliphatic carbocycles. The number of halogens is 1. The van der Waals surface area contributed by atoms with Gasteiger partial charge in [-0.1, -0.05) is 43.3 Å². The van der Waals surface area contributed by atoms with Crippen molar-refractivity contribution in [2.24, 2.45) is 11.7 Å². The van der Waals surface area contributed by atoms with Gasteiger partial charge in [-0.05, 0) is 17.7 Å². The van der Waals surface area contributed by atoms with Crippen molar-refractivity contribution < 1.29 is 9.53 Å². The molecule has 136 valence electrons. The summed E-state index contributed by atoms with van der Waals surface area (Å²) in [5.41, 5.74) is 8.12. The molecule has 0 spiro atoms. The molecule has 5 nitrogen and oxygen atoms in total. The zero-order valence-electron chi connectivity index (χ0n) is 14.7. The lowest BCUT2D eigenvalue weighted by molar-refractivity contribution is -0.137. The van der Waals surface area contributed by atoms with Gasteiger partial charge in [0, 0.05) is 25.9 Å². The summed E-state index contributed by atoms with van der Waals surface area (Å²) in [7, 11) is 1.63. The Balaban J connectivity index is 0.00000312. The molecule has 2 atom stereocenters. The molecule has 6 heteroatoms. The van der Waals surface area contributed by atoms with Crippen molar-refractivity contribution in [2.45, 2.75) is 19.5 Å². The highest BCUT2D eigenvalue weighted by molar-refractivity contribution is 5.85. The molecular formula is C19H26ClN3O2. The van der Waals surface area contributed by atoms with E-state index in [-0.39, 0.29) is 30.3 Å². The van der Waals surface area contributed by atoms with Crippen LogP contribution in [0.2, 0.25) is 0 Å². The maximum absolute atomic E-state index is 12.9. The number of methoxy groups -OCH3 is 1. The fourth-order valence-electron chi connectivity index (χ4n) is 2.56. The van der Waals surface area contributed by atoms with Crippen LogP contribution in [-0.4, -0.2) is 36.1 Å². The SMILES string of the molecule is COCCN(Cc1ccccn1)C(=O)C(C)C(N)c1ccccc1.Cl. The topological polar surface area (TPSA) is 68.5 Å². The van der Waals surface area contributed by atoms with Crippen LogP contribution in [-0.2, 0) is 16.1 Å². The van der Waals surface area contributed by atoms with Crippen molar-refractivity contribution in [2.75, 3.05) is 20.3 Å². The van der Waals surface area contributed by atoms with E-state index in [2.05, 4.69) is 4.98 Å². The zero-order valence-corrected chi connectivity index (χ0v) is 15.5. The number of aromatic nitrogens is 1. The van der Waals surface area contributed by atoms with Crippen molar-refractivity contribution in [1.82, 2.24) is 9.88 Å². The summed E-state index contributed by atoms with van der Waals surface area (Å²) >= 11 is 0. The van der Waals surface area contributed by atoms with E-state index in [1.54, 1.807) is 18.2 Å². The van der Waals surface area contributed by atoms with Gasteiger partial charge in [-0.15, -0.1) is 12.4 Å². The highest BCUT2D eigenvalue weighted by atomic mass is 35.5. The molecule has 1 aromatic heterocycles. The Morgan fingerprint density at radius 3 is 2.48 bits per heavy atom. The van der Waals surface area contributed by atoms with Gasteiger partial charge >= 0.3 is 0 Å². The van der Waals surface area contributed by atoms with Crippen LogP contribution in [0.1, 0.15) is 24.2 Å². The lowest BCUT2D eigenvalue weighted by Gasteiger charge is -2.28. The average molecular weight is 364 g/mol. The van der Waals surface area contributed by atoms with Crippen LogP contribution >= 0.6 is 12.4 Å². The first-order valence-electron chi connectivity index (χ1n) is 8.11. The third-order valence-electron chi connectivity index (χ3n) is 4.07. The molecule has 2 aromatic rings. The maximum atomic E-state index is 12.9. The van der Waals surface area contributed by atoms with Crippen molar-refractivity contribution in [3.63, 3.8) is 0 Å². The Morgan fingerprint density at radius 2 is 1.88 bits per heavy atom. The smallest absolute Gasteiger partial charge is 0.227 e. The van der Waals surface area contributed by atoms with Gasteiger partial charge in [0.2, 0.25) is 5.91 Å². The lowest BCUT2D eigenvalue weighted by Crippen LogP contribution is -2.40. The Kier molecular flexibility index (Phi) is 9.13. The summed E-state index contributed by atoms with van der Waals surface area (Å²) in [6.45, 7) is 3.32. The molecule has 0 saturated carbocycles. The van der Waals surface area contributed by atoms with Gasteiger partial charge in [-0.3, -0.25) is 9.78 Å². The number of hydrogen-bond donors (Lipinski definition) is 1. The zero-order chi connectivity index (χ0) is 17.4. The molecule has 0 aliphatic heterocycles. The first-order chi connectivity index (χ1) is 11.6. The number of nitrogens with two attached hydrogens (primary N) is 1. The minimum atomic E-state index is -0.340. The number of hydrogen-bond acceptors (Lipinski definition) is 4. The molecule has 2 N–H and O–H groups in total. The van der Waals surface area contributed by atoms with E-state index in [1.165, 1.54) is 0 Å². The van der Waals surface area contributed by atoms with Crippen LogP contribution in [0.15, 0.2) is 54.7 Å². The highest BCUT2D eigenvalue weighted by Crippen LogP contribution is 2.21. The van der Waals surface area contributed by atoms with Crippen LogP contribution in [0, 0.1) is 5.92 Å². The third-order valence-corrected chi connectivity index (χ3v) is 4.07. The fourth-order valence-corrected chi connectivity index (χ4v) is 2.56. The number of carbonyl (C=O) groups excluding carboxylic acids is 1. The van der Waals surface area contributed by atoms with Crippen LogP contribution in [0.3, 0.4) is 0 Å². The van der Waals surface area contributed by atoms with E-state index in [0.29, 0.717) is 19.7 Å². The monoisotopic (exact) mass is 363 g/mol. The number of amides is 1. The maximum Gasteiger partial charge on any atom is 0.227 e. The van der Waals surface area contributed by atoms with Gasteiger partial charge in [0.1, 0.15) is 0 Å². The largest absolute Gasteiger partial charge is 0.383 e. The van der Waals surface area contributed by atoms with E-state index in [1.807, 2.05) is 55.5 Å². The number of nitrogens with zero attached hydrogens (tertiary/aromatic N) is 2. The predicted molar refractivity (Wildman–Crippen MR) is 101 cm³/mol. The quantitative estimate of drug-likeness (QED) is 0.783. The standard InChI is InChI=1S/C19H25N3O2.ClH/c1-15(18(20)16-8-4-3-5-9-16)19(23)22(12-13-24-2)14-17-10-6-7-11-21-17;/h3-11,15,18H,12-14,20H2,1-2H3;1H. The number of pyridine rings is 1. The minimum Gasteiger partial charge on any atom is -0.383 e. The van der Waals surface area contributed by atoms with Crippen LogP contribution in [0.4, 0.5) is 0 Å². The molecule has 1 aromatic carbocycles. The van der Waals surface area contributed by atoms with E-state index < -0.39 is 0 Å². The average Bonchev–Trinajstić information content (AvgIpc) is 2.65. The molecule has 2 unspecified atom stereocenters. The second kappa shape index (κ2) is 10.8. The molecule has 0 fully saturated rings. The molecule has 0 radical (unpaired) electrons. The van der Waals surface area contributed by atoms with Crippen LogP contribution < -0.4 is 5.73 Å². The third kappa shape index (κ3) is 6.12. The molecule has 25 heavy (non-hydrogen) atoms. The minimum absolute atomic E-state index is 0. The number of rotatable bonds is 8. The second-order valence-corrected chi connectivity index (χ2v) is 5.80. The molecule has 0 saturated heterocycles. The van der Waals surface area contributed by atoms with Crippen molar-refractivity contribution >= 4 is 18.3 Å². The van der Waals surface area contributed by atoms with Gasteiger partial charge in [-0.2, -0.15) is 0 Å². The van der Waals surface area contributed by atoms with E-state index in [0.717, 1.165) is 11.3 Å². The molecule has 0 aliphatic rings. The Morgan fingerprint density at radius 1 is 1.20 bits per heavy atom. The summed E-state index contributed by atoms with van der Waals surface area (Å²) in [6, 6.07) is 15.1. The summed E-state index contributed by atoms with van der Waals surface area (Å²) < 4.78 is 5.14. The first kappa shape index (κ1) is 21.1. The molecule has 1 heterocycles. The number of carbonyl (C=O) groups is 1. The van der Waals surface area contributed by atoms with E-state index >= 15 is 0 Å². The summed E-state index contributed by atoms with van der Waals surface area (Å²) in [4.78, 5) is 19.0. The van der Waals surface area contributed by atoms with Gasteiger partial charge in [-0.25, -0.2) is 0 Å². The summed E-state index contributed by atoms with van der Waals surface area (Å²) in [5, 5.41) is 0. The fraction of sp³-hybridized carbons (Fsp3) is 0.368. The van der Waals surface area contributed by atoms with Gasteiger partial charge in [0.25, 0.3) is 0 Å². The highest BCUT2D eigenvalue weighted by Gasteiger charge is 2.26. The lowest BCUT2D eigenvalue weighted by atomic mass is 9.94. The normalized spacial score (nSPS) is 12.8. The Bertz CT molecular complexity index is 625. The van der Waals surface area contributed by atoms with Crippen LogP contribution in [0.5, 0.6) is 0 Å². The molecule has 0 bridgehead atoms. The van der Waals surface area contributed by atoms with Crippen molar-refractivity contribution in [3.05, 3.63) is 66.0 Å². The summed E-state index contributed by atoms with van der Waals surface area (Å²) in [5.74, 6) is -0.318. The van der Waals surface area contributed by atoms with E-state index in [9.17, 15) is 4.79 Å². The van der Waals surface area contributed by atoms with Crippen molar-refractivity contribution in [1.29, 1.82) is 0 Å². The Labute approximate surface area is 155 Å². The molecule has 1 amide bonds.